The molecule has 7 heteroatoms. The Bertz CT molecular complexity index is 430. The molecule has 2 nitrogen and oxygen atoms in total. The second-order valence-corrected chi connectivity index (χ2v) is 4.26. The van der Waals surface area contributed by atoms with Gasteiger partial charge in [-0.25, -0.2) is 13.8 Å². The van der Waals surface area contributed by atoms with Crippen molar-refractivity contribution in [3.8, 4) is 0 Å². The zero-order valence-electron chi connectivity index (χ0n) is 9.34. The van der Waals surface area contributed by atoms with E-state index >= 15 is 0 Å². The fourth-order valence-corrected chi connectivity index (χ4v) is 1.92. The molecule has 0 bridgehead atoms. The Kier molecular flexibility index (Phi) is 3.16. The second kappa shape index (κ2) is 4.37. The third-order valence-electron chi connectivity index (χ3n) is 2.74. The standard InChI is InChI=1S/C11H11F5N2/c12-10(13)5-2-6-18(7-10)9-4-1-3-8(17-9)11(14,15)16/h1,3-4H,2,5-7H2. The first-order chi connectivity index (χ1) is 8.28. The van der Waals surface area contributed by atoms with Gasteiger partial charge in [0.15, 0.2) is 0 Å². The highest BCUT2D eigenvalue weighted by atomic mass is 19.4. The number of rotatable bonds is 1. The van der Waals surface area contributed by atoms with Crippen LogP contribution in [0.15, 0.2) is 18.2 Å². The van der Waals surface area contributed by atoms with Gasteiger partial charge in [-0.3, -0.25) is 0 Å². The van der Waals surface area contributed by atoms with Gasteiger partial charge >= 0.3 is 6.18 Å². The maximum absolute atomic E-state index is 13.2. The molecule has 1 aliphatic heterocycles. The van der Waals surface area contributed by atoms with Crippen molar-refractivity contribution < 1.29 is 22.0 Å². The molecule has 0 saturated carbocycles. The van der Waals surface area contributed by atoms with E-state index in [1.54, 1.807) is 0 Å². The summed E-state index contributed by atoms with van der Waals surface area (Å²) in [5, 5.41) is 0. The van der Waals surface area contributed by atoms with E-state index in [0.717, 1.165) is 6.07 Å². The number of pyridine rings is 1. The molecule has 0 N–H and O–H groups in total. The van der Waals surface area contributed by atoms with E-state index in [-0.39, 0.29) is 18.7 Å². The maximum Gasteiger partial charge on any atom is 0.433 e. The molecule has 1 aromatic heterocycles. The smallest absolute Gasteiger partial charge is 0.351 e. The molecule has 1 fully saturated rings. The molecule has 0 unspecified atom stereocenters. The molecule has 0 aromatic carbocycles. The van der Waals surface area contributed by atoms with E-state index in [2.05, 4.69) is 4.98 Å². The summed E-state index contributed by atoms with van der Waals surface area (Å²) in [7, 11) is 0. The summed E-state index contributed by atoms with van der Waals surface area (Å²) >= 11 is 0. The zero-order valence-corrected chi connectivity index (χ0v) is 9.34. The van der Waals surface area contributed by atoms with Crippen LogP contribution >= 0.6 is 0 Å². The van der Waals surface area contributed by atoms with Crippen LogP contribution < -0.4 is 4.90 Å². The number of alkyl halides is 5. The Balaban J connectivity index is 2.23. The minimum Gasteiger partial charge on any atom is -0.351 e. The van der Waals surface area contributed by atoms with E-state index in [1.165, 1.54) is 17.0 Å². The fraction of sp³-hybridized carbons (Fsp3) is 0.545. The molecule has 0 atom stereocenters. The van der Waals surface area contributed by atoms with Gasteiger partial charge in [-0.05, 0) is 18.6 Å². The summed E-state index contributed by atoms with van der Waals surface area (Å²) in [6, 6.07) is 3.32. The number of halogens is 5. The summed E-state index contributed by atoms with van der Waals surface area (Å²) in [5.74, 6) is -2.92. The summed E-state index contributed by atoms with van der Waals surface area (Å²) < 4.78 is 63.7. The largest absolute Gasteiger partial charge is 0.433 e. The predicted octanol–water partition coefficient (Wildman–Crippen LogP) is 3.34. The first-order valence-electron chi connectivity index (χ1n) is 5.45. The van der Waals surface area contributed by atoms with E-state index < -0.39 is 24.3 Å². The monoisotopic (exact) mass is 266 g/mol. The third kappa shape index (κ3) is 2.88. The van der Waals surface area contributed by atoms with Crippen molar-refractivity contribution >= 4 is 5.82 Å². The van der Waals surface area contributed by atoms with Gasteiger partial charge in [0.2, 0.25) is 0 Å². The van der Waals surface area contributed by atoms with Crippen LogP contribution in [0.3, 0.4) is 0 Å². The molecule has 0 amide bonds. The topological polar surface area (TPSA) is 16.1 Å². The van der Waals surface area contributed by atoms with Crippen LogP contribution in [0, 0.1) is 0 Å². The quantitative estimate of drug-likeness (QED) is 0.725. The van der Waals surface area contributed by atoms with Crippen LogP contribution in [0.1, 0.15) is 18.5 Å². The highest BCUT2D eigenvalue weighted by molar-refractivity contribution is 5.40. The molecular formula is C11H11F5N2. The number of hydrogen-bond acceptors (Lipinski definition) is 2. The van der Waals surface area contributed by atoms with Crippen molar-refractivity contribution in [1.29, 1.82) is 0 Å². The average molecular weight is 266 g/mol. The molecule has 2 rings (SSSR count). The van der Waals surface area contributed by atoms with Crippen LogP contribution in [0.2, 0.25) is 0 Å². The van der Waals surface area contributed by atoms with Crippen LogP contribution in [-0.2, 0) is 6.18 Å². The zero-order chi connectivity index (χ0) is 13.4. The minimum atomic E-state index is -4.56. The molecule has 2 heterocycles. The fourth-order valence-electron chi connectivity index (χ4n) is 1.92. The summed E-state index contributed by atoms with van der Waals surface area (Å²) in [6.07, 6.45) is -4.55. The summed E-state index contributed by atoms with van der Waals surface area (Å²) in [4.78, 5) is 4.59. The highest BCUT2D eigenvalue weighted by Gasteiger charge is 2.37. The SMILES string of the molecule is FC1(F)CCCN(c2cccc(C(F)(F)F)n2)C1. The van der Waals surface area contributed by atoms with E-state index in [4.69, 9.17) is 0 Å². The van der Waals surface area contributed by atoms with Crippen molar-refractivity contribution in [2.45, 2.75) is 24.9 Å². The number of piperidine rings is 1. The van der Waals surface area contributed by atoms with Crippen LogP contribution in [0.25, 0.3) is 0 Å². The van der Waals surface area contributed by atoms with E-state index in [9.17, 15) is 22.0 Å². The lowest BCUT2D eigenvalue weighted by molar-refractivity contribution is -0.141. The van der Waals surface area contributed by atoms with Gasteiger partial charge in [-0.1, -0.05) is 6.07 Å². The number of aromatic nitrogens is 1. The average Bonchev–Trinajstić information content (AvgIpc) is 2.27. The molecule has 0 aliphatic carbocycles. The van der Waals surface area contributed by atoms with Crippen LogP contribution in [0.5, 0.6) is 0 Å². The Morgan fingerprint density at radius 3 is 2.56 bits per heavy atom. The van der Waals surface area contributed by atoms with Gasteiger partial charge in [-0.15, -0.1) is 0 Å². The van der Waals surface area contributed by atoms with Gasteiger partial charge in [0.25, 0.3) is 5.92 Å². The Morgan fingerprint density at radius 2 is 1.94 bits per heavy atom. The van der Waals surface area contributed by atoms with E-state index in [1.807, 2.05) is 0 Å². The summed E-state index contributed by atoms with van der Waals surface area (Å²) in [6.45, 7) is -0.286. The third-order valence-corrected chi connectivity index (χ3v) is 2.74. The molecule has 1 saturated heterocycles. The van der Waals surface area contributed by atoms with E-state index in [0.29, 0.717) is 6.54 Å². The predicted molar refractivity (Wildman–Crippen MR) is 55.6 cm³/mol. The lowest BCUT2D eigenvalue weighted by Crippen LogP contribution is -2.43. The van der Waals surface area contributed by atoms with Crippen LogP contribution in [0.4, 0.5) is 27.8 Å². The number of hydrogen-bond donors (Lipinski definition) is 0. The van der Waals surface area contributed by atoms with Gasteiger partial charge in [0, 0.05) is 13.0 Å². The van der Waals surface area contributed by atoms with Crippen molar-refractivity contribution in [3.63, 3.8) is 0 Å². The van der Waals surface area contributed by atoms with Crippen molar-refractivity contribution in [1.82, 2.24) is 4.98 Å². The molecule has 100 valence electrons. The Morgan fingerprint density at radius 1 is 1.22 bits per heavy atom. The second-order valence-electron chi connectivity index (χ2n) is 4.26. The number of anilines is 1. The highest BCUT2D eigenvalue weighted by Crippen LogP contribution is 2.32. The van der Waals surface area contributed by atoms with Crippen molar-refractivity contribution in [2.75, 3.05) is 18.0 Å². The Labute approximate surface area is 100 Å². The van der Waals surface area contributed by atoms with Gasteiger partial charge in [-0.2, -0.15) is 13.2 Å². The minimum absolute atomic E-state index is 0.0517. The molecule has 1 aliphatic rings. The maximum atomic E-state index is 13.2. The normalized spacial score (nSPS) is 19.9. The first kappa shape index (κ1) is 13.0. The van der Waals surface area contributed by atoms with Crippen molar-refractivity contribution in [2.24, 2.45) is 0 Å². The lowest BCUT2D eigenvalue weighted by atomic mass is 10.1. The summed E-state index contributed by atoms with van der Waals surface area (Å²) in [5.41, 5.74) is -1.06. The van der Waals surface area contributed by atoms with Crippen LogP contribution in [-0.4, -0.2) is 24.0 Å². The molecule has 18 heavy (non-hydrogen) atoms. The molecule has 1 aromatic rings. The van der Waals surface area contributed by atoms with Gasteiger partial charge in [0.1, 0.15) is 11.5 Å². The molecular weight excluding hydrogens is 255 g/mol. The molecule has 0 radical (unpaired) electrons. The van der Waals surface area contributed by atoms with Crippen molar-refractivity contribution in [3.05, 3.63) is 23.9 Å². The number of nitrogens with zero attached hydrogens (tertiary/aromatic N) is 2. The Hall–Kier alpha value is -1.40. The van der Waals surface area contributed by atoms with Gasteiger partial charge < -0.3 is 4.90 Å². The molecule has 0 spiro atoms. The van der Waals surface area contributed by atoms with Gasteiger partial charge in [0.05, 0.1) is 6.54 Å². The first-order valence-corrected chi connectivity index (χ1v) is 5.45. The lowest BCUT2D eigenvalue weighted by Gasteiger charge is -2.33.